The molecule has 0 saturated heterocycles. The monoisotopic (exact) mass is 753 g/mol. The van der Waals surface area contributed by atoms with Crippen molar-refractivity contribution in [2.24, 2.45) is 5.16 Å². The van der Waals surface area contributed by atoms with Gasteiger partial charge < -0.3 is 50.1 Å². The molecule has 2 heterocycles. The van der Waals surface area contributed by atoms with Crippen LogP contribution in [0, 0.1) is 6.92 Å². The van der Waals surface area contributed by atoms with Crippen LogP contribution < -0.4 is 24.8 Å². The van der Waals surface area contributed by atoms with Crippen molar-refractivity contribution >= 4 is 17.3 Å². The van der Waals surface area contributed by atoms with Gasteiger partial charge in [0.05, 0.1) is 58.0 Å². The van der Waals surface area contributed by atoms with E-state index >= 15 is 0 Å². The molecule has 0 aliphatic carbocycles. The molecule has 4 aromatic carbocycles. The summed E-state index contributed by atoms with van der Waals surface area (Å²) in [5, 5.41) is 50.1. The van der Waals surface area contributed by atoms with Crippen molar-refractivity contribution in [3.05, 3.63) is 117 Å². The van der Waals surface area contributed by atoms with Crippen molar-refractivity contribution in [1.29, 1.82) is 0 Å². The SMILES string of the molecule is COc1ccc(C2CC(c3cc(CO)c(CO)c(CO)c3)=NO2)cc1OCCCCCCCCOc1ccc(C2NC(=O)c3cc(C)ccc3N2)cc1CO. The van der Waals surface area contributed by atoms with Crippen molar-refractivity contribution in [2.45, 2.75) is 90.6 Å². The molecule has 0 fully saturated rings. The first-order chi connectivity index (χ1) is 26.8. The van der Waals surface area contributed by atoms with Gasteiger partial charge in [0, 0.05) is 23.2 Å². The number of hydrogen-bond donors (Lipinski definition) is 6. The van der Waals surface area contributed by atoms with Crippen molar-refractivity contribution in [2.75, 3.05) is 25.6 Å². The quantitative estimate of drug-likeness (QED) is 0.0582. The minimum absolute atomic E-state index is 0.130. The number of unbranched alkanes of at least 4 members (excludes halogenated alkanes) is 5. The fraction of sp³-hybridized carbons (Fsp3) is 0.395. The third-order valence-electron chi connectivity index (χ3n) is 10.1. The van der Waals surface area contributed by atoms with E-state index in [1.54, 1.807) is 19.2 Å². The zero-order valence-corrected chi connectivity index (χ0v) is 31.5. The van der Waals surface area contributed by atoms with Crippen LogP contribution in [0.25, 0.3) is 0 Å². The number of nitrogens with one attached hydrogen (secondary N) is 2. The number of fused-ring (bicyclic) bond motifs is 1. The Kier molecular flexibility index (Phi) is 13.6. The Hall–Kier alpha value is -5.14. The lowest BCUT2D eigenvalue weighted by Crippen LogP contribution is -2.38. The van der Waals surface area contributed by atoms with Gasteiger partial charge in [0.25, 0.3) is 5.91 Å². The Bertz CT molecular complexity index is 1960. The largest absolute Gasteiger partial charge is 0.493 e. The van der Waals surface area contributed by atoms with Crippen LogP contribution in [-0.4, -0.2) is 52.4 Å². The van der Waals surface area contributed by atoms with E-state index in [1.807, 2.05) is 61.5 Å². The van der Waals surface area contributed by atoms with Gasteiger partial charge >= 0.3 is 0 Å². The highest BCUT2D eigenvalue weighted by Gasteiger charge is 2.27. The number of ether oxygens (including phenoxy) is 3. The predicted molar refractivity (Wildman–Crippen MR) is 208 cm³/mol. The van der Waals surface area contributed by atoms with Gasteiger partial charge in [-0.1, -0.05) is 54.6 Å². The van der Waals surface area contributed by atoms with Gasteiger partial charge in [0.2, 0.25) is 0 Å². The van der Waals surface area contributed by atoms with Crippen molar-refractivity contribution in [3.63, 3.8) is 0 Å². The summed E-state index contributed by atoms with van der Waals surface area (Å²) >= 11 is 0. The molecule has 2 aliphatic heterocycles. The summed E-state index contributed by atoms with van der Waals surface area (Å²) in [5.74, 6) is 1.80. The Labute approximate surface area is 321 Å². The first-order valence-corrected chi connectivity index (χ1v) is 18.9. The van der Waals surface area contributed by atoms with Crippen LogP contribution in [0.3, 0.4) is 0 Å². The lowest BCUT2D eigenvalue weighted by atomic mass is 9.94. The summed E-state index contributed by atoms with van der Waals surface area (Å²) in [7, 11) is 1.61. The molecule has 6 rings (SSSR count). The number of anilines is 1. The summed E-state index contributed by atoms with van der Waals surface area (Å²) in [5.41, 5.74) is 7.90. The number of carbonyl (C=O) groups is 1. The number of nitrogens with zero attached hydrogens (tertiary/aromatic N) is 1. The van der Waals surface area contributed by atoms with E-state index in [0.717, 1.165) is 66.5 Å². The summed E-state index contributed by atoms with van der Waals surface area (Å²) < 4.78 is 17.7. The average Bonchev–Trinajstić information content (AvgIpc) is 3.71. The van der Waals surface area contributed by atoms with Crippen LogP contribution in [0.5, 0.6) is 17.2 Å². The van der Waals surface area contributed by atoms with E-state index in [0.29, 0.717) is 70.4 Å². The summed E-state index contributed by atoms with van der Waals surface area (Å²) in [6, 6.07) is 20.7. The van der Waals surface area contributed by atoms with E-state index in [-0.39, 0.29) is 38.4 Å². The van der Waals surface area contributed by atoms with Gasteiger partial charge in [-0.2, -0.15) is 0 Å². The van der Waals surface area contributed by atoms with E-state index < -0.39 is 6.17 Å². The number of amides is 1. The van der Waals surface area contributed by atoms with E-state index in [2.05, 4.69) is 15.8 Å². The maximum atomic E-state index is 12.7. The number of hydrogen-bond acceptors (Lipinski definition) is 11. The molecular formula is C43H51N3O9. The second-order valence-corrected chi connectivity index (χ2v) is 13.9. The van der Waals surface area contributed by atoms with Crippen LogP contribution in [0.2, 0.25) is 0 Å². The molecular weight excluding hydrogens is 702 g/mol. The van der Waals surface area contributed by atoms with Crippen LogP contribution in [0.1, 0.15) is 112 Å². The lowest BCUT2D eigenvalue weighted by molar-refractivity contribution is 0.0854. The van der Waals surface area contributed by atoms with E-state index in [4.69, 9.17) is 19.0 Å². The molecule has 0 aromatic heterocycles. The normalized spacial score (nSPS) is 16.1. The Morgan fingerprint density at radius 3 is 2.04 bits per heavy atom. The maximum Gasteiger partial charge on any atom is 0.255 e. The first-order valence-electron chi connectivity index (χ1n) is 18.9. The highest BCUT2D eigenvalue weighted by molar-refractivity contribution is 6.02. The van der Waals surface area contributed by atoms with Gasteiger partial charge in [-0.25, -0.2) is 0 Å². The molecule has 12 nitrogen and oxygen atoms in total. The van der Waals surface area contributed by atoms with E-state index in [1.165, 1.54) is 0 Å². The molecule has 0 radical (unpaired) electrons. The predicted octanol–water partition coefficient (Wildman–Crippen LogP) is 6.49. The standard InChI is InChI=1S/C43H51N3O9/c1-27-9-12-36-34(17-27)43(51)45-42(44-36)29-11-13-38(33(18-29)25-49)53-15-7-5-3-4-6-8-16-54-41-21-28(10-14-39(41)52-2)40-22-37(46-55-40)30-19-31(23-47)35(26-50)32(20-30)24-48/h9-14,17-21,40,42,44,47-50H,3-8,15-16,22-26H2,1-2H3,(H,45,51). The Morgan fingerprint density at radius 2 is 1.36 bits per heavy atom. The second-order valence-electron chi connectivity index (χ2n) is 13.9. The van der Waals surface area contributed by atoms with Crippen molar-refractivity contribution < 1.29 is 44.3 Å². The fourth-order valence-electron chi connectivity index (χ4n) is 7.04. The van der Waals surface area contributed by atoms with E-state index in [9.17, 15) is 25.2 Å². The van der Waals surface area contributed by atoms with Crippen molar-refractivity contribution in [3.8, 4) is 17.2 Å². The number of methoxy groups -OCH3 is 1. The molecule has 0 spiro atoms. The van der Waals surface area contributed by atoms with Gasteiger partial charge in [-0.05, 0) is 96.1 Å². The van der Waals surface area contributed by atoms with Gasteiger partial charge in [0.15, 0.2) is 17.6 Å². The van der Waals surface area contributed by atoms with Crippen molar-refractivity contribution in [1.82, 2.24) is 5.32 Å². The minimum atomic E-state index is -0.399. The zero-order valence-electron chi connectivity index (χ0n) is 31.5. The summed E-state index contributed by atoms with van der Waals surface area (Å²) in [6.45, 7) is 2.11. The number of aliphatic hydroxyl groups excluding tert-OH is 4. The number of oxime groups is 1. The van der Waals surface area contributed by atoms with Crippen LogP contribution in [0.4, 0.5) is 5.69 Å². The molecule has 6 N–H and O–H groups in total. The Morgan fingerprint density at radius 1 is 0.709 bits per heavy atom. The Balaban J connectivity index is 0.900. The number of aliphatic hydroxyl groups is 4. The maximum absolute atomic E-state index is 12.7. The van der Waals surface area contributed by atoms with Gasteiger partial charge in [0.1, 0.15) is 11.9 Å². The average molecular weight is 754 g/mol. The fourth-order valence-corrected chi connectivity index (χ4v) is 7.04. The van der Waals surface area contributed by atoms with Crippen LogP contribution in [0.15, 0.2) is 71.9 Å². The second kappa shape index (κ2) is 18.9. The minimum Gasteiger partial charge on any atom is -0.493 e. The first kappa shape index (κ1) is 39.6. The molecule has 55 heavy (non-hydrogen) atoms. The molecule has 2 aliphatic rings. The molecule has 0 bridgehead atoms. The molecule has 292 valence electrons. The number of carbonyl (C=O) groups excluding carboxylic acids is 1. The van der Waals surface area contributed by atoms with Crippen LogP contribution >= 0.6 is 0 Å². The molecule has 12 heteroatoms. The van der Waals surface area contributed by atoms with Gasteiger partial charge in [-0.3, -0.25) is 4.79 Å². The molecule has 4 aromatic rings. The number of rotatable bonds is 19. The topological polar surface area (TPSA) is 171 Å². The highest BCUT2D eigenvalue weighted by Crippen LogP contribution is 2.37. The zero-order chi connectivity index (χ0) is 38.7. The number of aryl methyl sites for hydroxylation is 1. The highest BCUT2D eigenvalue weighted by atomic mass is 16.6. The number of benzene rings is 4. The smallest absolute Gasteiger partial charge is 0.255 e. The molecule has 2 atom stereocenters. The lowest BCUT2D eigenvalue weighted by Gasteiger charge is -2.29. The van der Waals surface area contributed by atoms with Crippen LogP contribution in [-0.2, 0) is 31.3 Å². The summed E-state index contributed by atoms with van der Waals surface area (Å²) in [4.78, 5) is 18.5. The molecule has 2 unspecified atom stereocenters. The third kappa shape index (κ3) is 9.57. The summed E-state index contributed by atoms with van der Waals surface area (Å²) in [6.07, 6.45) is 5.76. The third-order valence-corrected chi connectivity index (χ3v) is 10.1. The van der Waals surface area contributed by atoms with Gasteiger partial charge in [-0.15, -0.1) is 0 Å². The molecule has 1 amide bonds. The molecule has 0 saturated carbocycles.